The van der Waals surface area contributed by atoms with Gasteiger partial charge >= 0.3 is 0 Å². The number of Topliss-reactive ketones (excluding diaryl/α,β-unsaturated/α-hetero) is 1. The van der Waals surface area contributed by atoms with Crippen LogP contribution < -0.4 is 4.72 Å². The minimum atomic E-state index is -3.56. The second kappa shape index (κ2) is 8.25. The first-order valence-electron chi connectivity index (χ1n) is 10.6. The van der Waals surface area contributed by atoms with Crippen LogP contribution in [0.4, 0.5) is 0 Å². The molecule has 2 aromatic carbocycles. The van der Waals surface area contributed by atoms with E-state index in [-0.39, 0.29) is 16.4 Å². The normalized spacial score (nSPS) is 20.3. The summed E-state index contributed by atoms with van der Waals surface area (Å²) in [5.74, 6) is 0.302. The Morgan fingerprint density at radius 3 is 2.53 bits per heavy atom. The summed E-state index contributed by atoms with van der Waals surface area (Å²) in [5, 5.41) is 0. The second-order valence-corrected chi connectivity index (χ2v) is 10.6. The highest BCUT2D eigenvalue weighted by molar-refractivity contribution is 7.89. The van der Waals surface area contributed by atoms with E-state index in [9.17, 15) is 13.2 Å². The van der Waals surface area contributed by atoms with Crippen molar-refractivity contribution in [1.82, 2.24) is 4.72 Å². The molecule has 2 aliphatic rings. The van der Waals surface area contributed by atoms with E-state index in [4.69, 9.17) is 4.74 Å². The Hall–Kier alpha value is -2.02. The van der Waals surface area contributed by atoms with Crippen LogP contribution in [0.3, 0.4) is 0 Å². The largest absolute Gasteiger partial charge is 0.377 e. The molecule has 1 atom stereocenters. The zero-order valence-electron chi connectivity index (χ0n) is 17.6. The Labute approximate surface area is 178 Å². The lowest BCUT2D eigenvalue weighted by atomic mass is 9.93. The van der Waals surface area contributed by atoms with Crippen molar-refractivity contribution in [2.24, 2.45) is 5.41 Å². The summed E-state index contributed by atoms with van der Waals surface area (Å²) < 4.78 is 33.3. The Bertz CT molecular complexity index is 1030. The van der Waals surface area contributed by atoms with Crippen LogP contribution in [-0.4, -0.2) is 33.5 Å². The van der Waals surface area contributed by atoms with Crippen molar-refractivity contribution >= 4 is 15.8 Å². The average molecular weight is 428 g/mol. The van der Waals surface area contributed by atoms with Gasteiger partial charge in [-0.3, -0.25) is 4.79 Å². The summed E-state index contributed by atoms with van der Waals surface area (Å²) in [7, 11) is -3.56. The number of rotatable bonds is 8. The molecule has 1 N–H and O–H groups in total. The first-order chi connectivity index (χ1) is 14.3. The SMILES string of the molecule is Cc1ccc(CC(=O)C2(C)CC2)cc1-c1ccc(S(=O)(=O)NC[C@@H]2CCCO2)cc1. The highest BCUT2D eigenvalue weighted by Crippen LogP contribution is 2.46. The van der Waals surface area contributed by atoms with Crippen LogP contribution in [0.5, 0.6) is 0 Å². The lowest BCUT2D eigenvalue weighted by Gasteiger charge is -2.13. The molecule has 1 heterocycles. The Morgan fingerprint density at radius 2 is 1.90 bits per heavy atom. The van der Waals surface area contributed by atoms with Crippen molar-refractivity contribution < 1.29 is 17.9 Å². The number of nitrogens with one attached hydrogen (secondary N) is 1. The van der Waals surface area contributed by atoms with Crippen molar-refractivity contribution in [3.8, 4) is 11.1 Å². The Balaban J connectivity index is 1.49. The molecule has 0 radical (unpaired) electrons. The van der Waals surface area contributed by atoms with Crippen molar-refractivity contribution in [1.29, 1.82) is 0 Å². The highest BCUT2D eigenvalue weighted by Gasteiger charge is 2.43. The lowest BCUT2D eigenvalue weighted by molar-refractivity contribution is -0.122. The first kappa shape index (κ1) is 21.2. The van der Waals surface area contributed by atoms with Crippen LogP contribution in [0.25, 0.3) is 11.1 Å². The Morgan fingerprint density at radius 1 is 1.17 bits per heavy atom. The van der Waals surface area contributed by atoms with Gasteiger partial charge in [0.25, 0.3) is 0 Å². The van der Waals surface area contributed by atoms with E-state index in [1.807, 2.05) is 38.1 Å². The molecule has 2 fully saturated rings. The molecule has 4 rings (SSSR count). The third-order valence-corrected chi connectivity index (χ3v) is 7.78. The molecule has 5 nitrogen and oxygen atoms in total. The fraction of sp³-hybridized carbons (Fsp3) is 0.458. The number of sulfonamides is 1. The molecule has 6 heteroatoms. The molecule has 0 amide bonds. The molecule has 0 bridgehead atoms. The quantitative estimate of drug-likeness (QED) is 0.690. The molecule has 160 valence electrons. The number of ketones is 1. The second-order valence-electron chi connectivity index (χ2n) is 8.82. The third kappa shape index (κ3) is 4.66. The molecule has 1 aliphatic heterocycles. The van der Waals surface area contributed by atoms with Gasteiger partial charge in [0.1, 0.15) is 5.78 Å². The standard InChI is InChI=1S/C24H29NO4S/c1-17-5-6-18(15-23(26)24(2)11-12-24)14-22(17)19-7-9-21(10-8-19)30(27,28)25-16-20-4-3-13-29-20/h5-10,14,20,25H,3-4,11-13,15-16H2,1-2H3/t20-/m0/s1. The number of aryl methyl sites for hydroxylation is 1. The van der Waals surface area contributed by atoms with E-state index in [2.05, 4.69) is 10.8 Å². The molecule has 0 spiro atoms. The summed E-state index contributed by atoms with van der Waals surface area (Å²) in [6, 6.07) is 13.0. The van der Waals surface area contributed by atoms with Gasteiger partial charge < -0.3 is 4.74 Å². The molecule has 1 saturated heterocycles. The maximum atomic E-state index is 12.6. The summed E-state index contributed by atoms with van der Waals surface area (Å²) in [6.07, 6.45) is 4.25. The van der Waals surface area contributed by atoms with Crippen molar-refractivity contribution in [2.45, 2.75) is 57.0 Å². The fourth-order valence-corrected chi connectivity index (χ4v) is 4.93. The predicted molar refractivity (Wildman–Crippen MR) is 117 cm³/mol. The number of carbonyl (C=O) groups is 1. The molecular formula is C24H29NO4S. The molecular weight excluding hydrogens is 398 g/mol. The van der Waals surface area contributed by atoms with E-state index in [1.54, 1.807) is 12.1 Å². The van der Waals surface area contributed by atoms with Crippen LogP contribution in [0.15, 0.2) is 47.4 Å². The van der Waals surface area contributed by atoms with E-state index >= 15 is 0 Å². The first-order valence-corrected chi connectivity index (χ1v) is 12.1. The lowest BCUT2D eigenvalue weighted by Crippen LogP contribution is -2.31. The van der Waals surface area contributed by atoms with Gasteiger partial charge in [0.2, 0.25) is 10.0 Å². The summed E-state index contributed by atoms with van der Waals surface area (Å²) in [4.78, 5) is 12.7. The smallest absolute Gasteiger partial charge is 0.240 e. The summed E-state index contributed by atoms with van der Waals surface area (Å²) >= 11 is 0. The zero-order chi connectivity index (χ0) is 21.4. The minimum absolute atomic E-state index is 0.0370. The van der Waals surface area contributed by atoms with Crippen LogP contribution in [0, 0.1) is 12.3 Å². The molecule has 30 heavy (non-hydrogen) atoms. The van der Waals surface area contributed by atoms with Gasteiger partial charge in [-0.2, -0.15) is 0 Å². The maximum absolute atomic E-state index is 12.6. The molecule has 1 saturated carbocycles. The van der Waals surface area contributed by atoms with Crippen molar-refractivity contribution in [2.75, 3.05) is 13.2 Å². The van der Waals surface area contributed by atoms with Gasteiger partial charge in [-0.15, -0.1) is 0 Å². The molecule has 2 aromatic rings. The van der Waals surface area contributed by atoms with Gasteiger partial charge in [-0.25, -0.2) is 13.1 Å². The number of hydrogen-bond donors (Lipinski definition) is 1. The van der Waals surface area contributed by atoms with Crippen LogP contribution >= 0.6 is 0 Å². The van der Waals surface area contributed by atoms with Gasteiger partial charge in [0.05, 0.1) is 11.0 Å². The maximum Gasteiger partial charge on any atom is 0.240 e. The zero-order valence-corrected chi connectivity index (χ0v) is 18.4. The molecule has 0 aromatic heterocycles. The van der Waals surface area contributed by atoms with E-state index in [0.717, 1.165) is 47.9 Å². The number of ether oxygens (including phenoxy) is 1. The molecule has 1 aliphatic carbocycles. The summed E-state index contributed by atoms with van der Waals surface area (Å²) in [5.41, 5.74) is 3.94. The summed E-state index contributed by atoms with van der Waals surface area (Å²) in [6.45, 7) is 5.07. The monoisotopic (exact) mass is 427 g/mol. The van der Waals surface area contributed by atoms with Gasteiger partial charge in [0.15, 0.2) is 0 Å². The van der Waals surface area contributed by atoms with Gasteiger partial charge in [0, 0.05) is 25.0 Å². The number of carbonyl (C=O) groups excluding carboxylic acids is 1. The molecule has 0 unspecified atom stereocenters. The van der Waals surface area contributed by atoms with Crippen molar-refractivity contribution in [3.63, 3.8) is 0 Å². The number of benzene rings is 2. The van der Waals surface area contributed by atoms with Crippen LogP contribution in [0.1, 0.15) is 43.7 Å². The van der Waals surface area contributed by atoms with Gasteiger partial charge in [-0.1, -0.05) is 37.3 Å². The highest BCUT2D eigenvalue weighted by atomic mass is 32.2. The van der Waals surface area contributed by atoms with Crippen LogP contribution in [-0.2, 0) is 26.0 Å². The van der Waals surface area contributed by atoms with E-state index in [0.29, 0.717) is 25.4 Å². The van der Waals surface area contributed by atoms with E-state index in [1.165, 1.54) is 0 Å². The average Bonchev–Trinajstić information content (AvgIpc) is 3.27. The fourth-order valence-electron chi connectivity index (χ4n) is 3.86. The predicted octanol–water partition coefficient (Wildman–Crippen LogP) is 4.03. The minimum Gasteiger partial charge on any atom is -0.377 e. The number of hydrogen-bond acceptors (Lipinski definition) is 4. The van der Waals surface area contributed by atoms with Crippen LogP contribution in [0.2, 0.25) is 0 Å². The topological polar surface area (TPSA) is 72.5 Å². The van der Waals surface area contributed by atoms with Crippen molar-refractivity contribution in [3.05, 3.63) is 53.6 Å². The third-order valence-electron chi connectivity index (χ3n) is 6.34. The van der Waals surface area contributed by atoms with E-state index < -0.39 is 10.0 Å². The Kier molecular flexibility index (Phi) is 5.84. The van der Waals surface area contributed by atoms with Gasteiger partial charge in [-0.05, 0) is 67.0 Å².